The lowest BCUT2D eigenvalue weighted by atomic mass is 9.92. The first-order chi connectivity index (χ1) is 24.9. The Morgan fingerprint density at radius 1 is 0.706 bits per heavy atom. The summed E-state index contributed by atoms with van der Waals surface area (Å²) in [7, 11) is 0. The van der Waals surface area contributed by atoms with Gasteiger partial charge < -0.3 is 25.2 Å². The minimum Gasteiger partial charge on any atom is -0.508 e. The Labute approximate surface area is 297 Å². The van der Waals surface area contributed by atoms with Crippen LogP contribution in [0.15, 0.2) is 91.0 Å². The van der Waals surface area contributed by atoms with E-state index < -0.39 is 11.8 Å². The van der Waals surface area contributed by atoms with Crippen molar-refractivity contribution >= 4 is 23.4 Å². The van der Waals surface area contributed by atoms with Gasteiger partial charge >= 0.3 is 0 Å². The van der Waals surface area contributed by atoms with E-state index in [1.54, 1.807) is 12.1 Å². The fraction of sp³-hybridized carbons (Fsp3) is 0.385. The minimum absolute atomic E-state index is 0.0403. The van der Waals surface area contributed by atoms with E-state index in [-0.39, 0.29) is 53.9 Å². The van der Waals surface area contributed by atoms with Crippen LogP contribution >= 0.6 is 0 Å². The lowest BCUT2D eigenvalue weighted by molar-refractivity contribution is -0.124. The number of hydrogen-bond donors (Lipinski definition) is 5. The number of nitrogens with one attached hydrogen (secondary N) is 4. The number of carbonyl (C=O) groups is 3. The molecule has 2 aliphatic carbocycles. The van der Waals surface area contributed by atoms with Crippen LogP contribution < -0.4 is 21.5 Å². The molecular weight excluding hydrogens is 648 g/mol. The maximum absolute atomic E-state index is 13.9. The smallest absolute Gasteiger partial charge is 0.290 e. The van der Waals surface area contributed by atoms with Gasteiger partial charge in [-0.15, -0.1) is 0 Å². The Morgan fingerprint density at radius 2 is 1.25 bits per heavy atom. The van der Waals surface area contributed by atoms with Gasteiger partial charge in [-0.25, -0.2) is 4.68 Å². The zero-order chi connectivity index (χ0) is 35.4. The SMILES string of the molecule is O=C(Cn1nc(C(=O)NNc2ccc(O)cc2)cc1C(=O)N[C@H]1CCCC[C@@H]1OCc1ccccc1)N[C@H]1CCCC[C@@H]1OCc1ccccc1. The number of amides is 3. The molecule has 3 aromatic carbocycles. The lowest BCUT2D eigenvalue weighted by Gasteiger charge is -2.32. The highest BCUT2D eigenvalue weighted by Crippen LogP contribution is 2.24. The summed E-state index contributed by atoms with van der Waals surface area (Å²) in [6.45, 7) is 0.628. The van der Waals surface area contributed by atoms with E-state index in [4.69, 9.17) is 9.47 Å². The minimum atomic E-state index is -0.598. The molecule has 1 aromatic heterocycles. The zero-order valence-corrected chi connectivity index (χ0v) is 28.6. The Bertz CT molecular complexity index is 1730. The molecule has 12 heteroatoms. The van der Waals surface area contributed by atoms with Gasteiger partial charge in [0.25, 0.3) is 11.8 Å². The third-order valence-electron chi connectivity index (χ3n) is 9.41. The number of ether oxygens (including phenoxy) is 2. The molecule has 268 valence electrons. The summed E-state index contributed by atoms with van der Waals surface area (Å²) in [6.07, 6.45) is 6.78. The third kappa shape index (κ3) is 10.2. The van der Waals surface area contributed by atoms with Crippen LogP contribution in [0.1, 0.15) is 83.5 Å². The van der Waals surface area contributed by atoms with E-state index in [1.165, 1.54) is 22.9 Å². The standard InChI is InChI=1S/C39H46N6O6/c46-30-21-19-29(20-22-30)42-43-38(48)33-23-34(39(49)41-32-16-8-10-18-36(32)51-26-28-13-5-2-6-14-28)45(44-33)24-37(47)40-31-15-7-9-17-35(31)50-25-27-11-3-1-4-12-27/h1-6,11-14,19-23,31-32,35-36,42,46H,7-10,15-18,24-26H2,(H,40,47)(H,41,49)(H,43,48)/t31-,32-,35-,36-/m0/s1. The Hall–Kier alpha value is -5.20. The van der Waals surface area contributed by atoms with E-state index in [0.29, 0.717) is 18.9 Å². The average Bonchev–Trinajstić information content (AvgIpc) is 3.58. The number of rotatable bonds is 14. The van der Waals surface area contributed by atoms with Crippen LogP contribution in [0, 0.1) is 0 Å². The quantitative estimate of drug-likeness (QED) is 0.0886. The normalized spacial score (nSPS) is 20.2. The molecule has 1 heterocycles. The van der Waals surface area contributed by atoms with Crippen LogP contribution in [0.2, 0.25) is 0 Å². The van der Waals surface area contributed by atoms with Crippen LogP contribution in [0.4, 0.5) is 5.69 Å². The zero-order valence-electron chi connectivity index (χ0n) is 28.6. The number of anilines is 1. The largest absolute Gasteiger partial charge is 0.508 e. The second kappa shape index (κ2) is 17.6. The summed E-state index contributed by atoms with van der Waals surface area (Å²) in [5.41, 5.74) is 8.06. The highest BCUT2D eigenvalue weighted by molar-refractivity contribution is 5.98. The molecule has 0 aliphatic heterocycles. The lowest BCUT2D eigenvalue weighted by Crippen LogP contribution is -2.48. The van der Waals surface area contributed by atoms with Crippen molar-refractivity contribution in [2.45, 2.75) is 95.4 Å². The van der Waals surface area contributed by atoms with Crippen molar-refractivity contribution in [3.63, 3.8) is 0 Å². The van der Waals surface area contributed by atoms with Crippen LogP contribution in [0.25, 0.3) is 0 Å². The predicted octanol–water partition coefficient (Wildman–Crippen LogP) is 5.25. The van der Waals surface area contributed by atoms with Gasteiger partial charge in [-0.3, -0.25) is 25.2 Å². The molecule has 0 unspecified atom stereocenters. The average molecular weight is 695 g/mol. The van der Waals surface area contributed by atoms with Crippen molar-refractivity contribution in [3.05, 3.63) is 114 Å². The molecule has 3 amide bonds. The van der Waals surface area contributed by atoms with Gasteiger partial charge in [-0.05, 0) is 61.1 Å². The van der Waals surface area contributed by atoms with E-state index in [1.807, 2.05) is 60.7 Å². The van der Waals surface area contributed by atoms with Gasteiger partial charge in [0.2, 0.25) is 5.91 Å². The number of nitrogens with zero attached hydrogens (tertiary/aromatic N) is 2. The van der Waals surface area contributed by atoms with Crippen LogP contribution in [-0.2, 0) is 34.0 Å². The fourth-order valence-corrected chi connectivity index (χ4v) is 6.68. The highest BCUT2D eigenvalue weighted by atomic mass is 16.5. The van der Waals surface area contributed by atoms with E-state index in [2.05, 4.69) is 26.6 Å². The second-order valence-electron chi connectivity index (χ2n) is 13.2. The topological polar surface area (TPSA) is 156 Å². The predicted molar refractivity (Wildman–Crippen MR) is 192 cm³/mol. The summed E-state index contributed by atoms with van der Waals surface area (Å²) >= 11 is 0. The first-order valence-electron chi connectivity index (χ1n) is 17.8. The van der Waals surface area contributed by atoms with Crippen LogP contribution in [0.3, 0.4) is 0 Å². The number of aromatic nitrogens is 2. The Kier molecular flexibility index (Phi) is 12.3. The molecule has 6 rings (SSSR count). The van der Waals surface area contributed by atoms with Crippen molar-refractivity contribution in [1.29, 1.82) is 0 Å². The summed E-state index contributed by atoms with van der Waals surface area (Å²) in [5.74, 6) is -1.28. The third-order valence-corrected chi connectivity index (χ3v) is 9.41. The monoisotopic (exact) mass is 694 g/mol. The van der Waals surface area contributed by atoms with Gasteiger partial charge in [0, 0.05) is 6.07 Å². The summed E-state index contributed by atoms with van der Waals surface area (Å²) in [4.78, 5) is 40.6. The van der Waals surface area contributed by atoms with Crippen molar-refractivity contribution in [2.75, 3.05) is 5.43 Å². The molecule has 4 atom stereocenters. The Morgan fingerprint density at radius 3 is 1.84 bits per heavy atom. The van der Waals surface area contributed by atoms with Crippen molar-refractivity contribution in [1.82, 2.24) is 25.8 Å². The fourth-order valence-electron chi connectivity index (χ4n) is 6.68. The molecule has 0 saturated heterocycles. The molecular formula is C39H46N6O6. The van der Waals surface area contributed by atoms with E-state index >= 15 is 0 Å². The highest BCUT2D eigenvalue weighted by Gasteiger charge is 2.31. The molecule has 0 bridgehead atoms. The van der Waals surface area contributed by atoms with E-state index in [9.17, 15) is 19.5 Å². The molecule has 0 radical (unpaired) electrons. The number of hydrazine groups is 1. The van der Waals surface area contributed by atoms with Gasteiger partial charge in [0.05, 0.1) is 43.2 Å². The summed E-state index contributed by atoms with van der Waals surface area (Å²) < 4.78 is 13.8. The number of hydrogen-bond acceptors (Lipinski definition) is 8. The van der Waals surface area contributed by atoms with Gasteiger partial charge in [-0.1, -0.05) is 86.3 Å². The maximum atomic E-state index is 13.9. The van der Waals surface area contributed by atoms with Gasteiger partial charge in [0.1, 0.15) is 18.0 Å². The van der Waals surface area contributed by atoms with Crippen molar-refractivity contribution < 1.29 is 29.0 Å². The van der Waals surface area contributed by atoms with Crippen LogP contribution in [0.5, 0.6) is 5.75 Å². The van der Waals surface area contributed by atoms with E-state index in [0.717, 1.165) is 62.5 Å². The number of benzene rings is 3. The second-order valence-corrected chi connectivity index (χ2v) is 13.2. The van der Waals surface area contributed by atoms with Crippen LogP contribution in [-0.4, -0.2) is 56.9 Å². The van der Waals surface area contributed by atoms with Gasteiger partial charge in [-0.2, -0.15) is 5.10 Å². The first-order valence-corrected chi connectivity index (χ1v) is 17.8. The summed E-state index contributed by atoms with van der Waals surface area (Å²) in [6, 6.07) is 27.0. The molecule has 4 aromatic rings. The molecule has 2 aliphatic rings. The first kappa shape index (κ1) is 35.6. The van der Waals surface area contributed by atoms with Gasteiger partial charge in [0.15, 0.2) is 5.69 Å². The summed E-state index contributed by atoms with van der Waals surface area (Å²) in [5, 5.41) is 20.2. The number of carbonyl (C=O) groups excluding carboxylic acids is 3. The molecule has 5 N–H and O–H groups in total. The maximum Gasteiger partial charge on any atom is 0.290 e. The molecule has 12 nitrogen and oxygen atoms in total. The molecule has 2 saturated carbocycles. The number of phenolic OH excluding ortho intramolecular Hbond substituents is 1. The van der Waals surface area contributed by atoms with Crippen molar-refractivity contribution in [3.8, 4) is 5.75 Å². The Balaban J connectivity index is 1.14. The number of phenols is 1. The molecule has 51 heavy (non-hydrogen) atoms. The molecule has 2 fully saturated rings. The number of aromatic hydroxyl groups is 1. The van der Waals surface area contributed by atoms with Crippen molar-refractivity contribution in [2.24, 2.45) is 0 Å². The molecule has 0 spiro atoms.